The third-order valence-electron chi connectivity index (χ3n) is 5.20. The number of aromatic nitrogens is 3. The van der Waals surface area contributed by atoms with Gasteiger partial charge in [0.1, 0.15) is 6.61 Å². The van der Waals surface area contributed by atoms with E-state index in [2.05, 4.69) is 10.1 Å². The van der Waals surface area contributed by atoms with Crippen LogP contribution >= 0.6 is 0 Å². The van der Waals surface area contributed by atoms with Gasteiger partial charge in [0.2, 0.25) is 11.8 Å². The molecule has 1 aliphatic heterocycles. The highest BCUT2D eigenvalue weighted by Crippen LogP contribution is 2.35. The zero-order chi connectivity index (χ0) is 19.3. The first kappa shape index (κ1) is 20.8. The molecule has 0 saturated heterocycles. The molecule has 3 heterocycles. The van der Waals surface area contributed by atoms with Crippen LogP contribution in [0.2, 0.25) is 0 Å². The SMILES string of the molecule is C1CCCCCC1.N.O=c1ccc2c([nH]1)OCc1cc(-n3ccc(F)n3)ccc1-2.[HH]. The van der Waals surface area contributed by atoms with E-state index in [1.54, 1.807) is 12.3 Å². The minimum absolute atomic E-state index is 0. The Labute approximate surface area is 170 Å². The van der Waals surface area contributed by atoms with Crippen molar-refractivity contribution in [2.45, 2.75) is 51.6 Å². The van der Waals surface area contributed by atoms with E-state index in [9.17, 15) is 9.18 Å². The molecule has 0 radical (unpaired) electrons. The van der Waals surface area contributed by atoms with Gasteiger partial charge in [-0.25, -0.2) is 4.68 Å². The number of halogens is 1. The van der Waals surface area contributed by atoms with E-state index >= 15 is 0 Å². The highest BCUT2D eigenvalue weighted by molar-refractivity contribution is 5.74. The van der Waals surface area contributed by atoms with Gasteiger partial charge in [0.25, 0.3) is 5.56 Å². The lowest BCUT2D eigenvalue weighted by Crippen LogP contribution is -2.13. The first-order valence-electron chi connectivity index (χ1n) is 9.92. The standard InChI is InChI=1S/C15H10FN3O2.C7H14.H3N.H2/c16-13-5-6-19(18-13)10-1-2-11-9(7-10)8-21-15-12(11)3-4-14(20)17-15;1-2-4-6-7-5-3-1;;/h1-7H,8H2,(H,17,20);1-7H2;1H3;1H. The number of hydrogen-bond donors (Lipinski definition) is 2. The monoisotopic (exact) mass is 400 g/mol. The van der Waals surface area contributed by atoms with E-state index in [1.807, 2.05) is 18.2 Å². The molecule has 4 N–H and O–H groups in total. The molecule has 2 aromatic heterocycles. The van der Waals surface area contributed by atoms with Crippen LogP contribution in [0.15, 0.2) is 47.4 Å². The van der Waals surface area contributed by atoms with Crippen molar-refractivity contribution in [3.63, 3.8) is 0 Å². The van der Waals surface area contributed by atoms with Crippen LogP contribution in [0.4, 0.5) is 4.39 Å². The Morgan fingerprint density at radius 2 is 1.62 bits per heavy atom. The maximum absolute atomic E-state index is 13.0. The fourth-order valence-electron chi connectivity index (χ4n) is 3.72. The zero-order valence-electron chi connectivity index (χ0n) is 16.5. The highest BCUT2D eigenvalue weighted by atomic mass is 19.1. The van der Waals surface area contributed by atoms with Crippen molar-refractivity contribution in [3.05, 3.63) is 64.5 Å². The van der Waals surface area contributed by atoms with Gasteiger partial charge < -0.3 is 10.9 Å². The molecule has 6 nitrogen and oxygen atoms in total. The Kier molecular flexibility index (Phi) is 6.82. The van der Waals surface area contributed by atoms with Gasteiger partial charge in [-0.2, -0.15) is 4.39 Å². The number of hydrogen-bond acceptors (Lipinski definition) is 4. The fourth-order valence-corrected chi connectivity index (χ4v) is 3.72. The number of fused-ring (bicyclic) bond motifs is 3. The lowest BCUT2D eigenvalue weighted by Gasteiger charge is -2.20. The number of nitrogens with one attached hydrogen (secondary N) is 1. The second-order valence-corrected chi connectivity index (χ2v) is 7.25. The number of benzene rings is 1. The van der Waals surface area contributed by atoms with Gasteiger partial charge in [-0.3, -0.25) is 9.78 Å². The van der Waals surface area contributed by atoms with E-state index in [0.717, 1.165) is 22.4 Å². The number of rotatable bonds is 1. The Balaban J connectivity index is 0.000000307. The van der Waals surface area contributed by atoms with Gasteiger partial charge in [-0.05, 0) is 29.3 Å². The zero-order valence-corrected chi connectivity index (χ0v) is 16.5. The third kappa shape index (κ3) is 4.92. The van der Waals surface area contributed by atoms with Crippen molar-refractivity contribution < 1.29 is 10.6 Å². The first-order valence-corrected chi connectivity index (χ1v) is 9.92. The largest absolute Gasteiger partial charge is 0.474 e. The Hall–Kier alpha value is -2.93. The van der Waals surface area contributed by atoms with Crippen LogP contribution in [0.5, 0.6) is 5.88 Å². The average molecular weight is 400 g/mol. The molecule has 0 spiro atoms. The molecule has 0 amide bonds. The molecule has 1 aliphatic carbocycles. The Morgan fingerprint density at radius 3 is 2.24 bits per heavy atom. The predicted molar refractivity (Wildman–Crippen MR) is 113 cm³/mol. The molecule has 0 bridgehead atoms. The quantitative estimate of drug-likeness (QED) is 0.535. The van der Waals surface area contributed by atoms with Crippen LogP contribution < -0.4 is 16.4 Å². The summed E-state index contributed by atoms with van der Waals surface area (Å²) in [5.41, 5.74) is 3.36. The second kappa shape index (κ2) is 9.52. The second-order valence-electron chi connectivity index (χ2n) is 7.25. The van der Waals surface area contributed by atoms with Gasteiger partial charge >= 0.3 is 0 Å². The summed E-state index contributed by atoms with van der Waals surface area (Å²) in [7, 11) is 0. The fraction of sp³-hybridized carbons (Fsp3) is 0.364. The van der Waals surface area contributed by atoms with Crippen molar-refractivity contribution in [1.29, 1.82) is 0 Å². The summed E-state index contributed by atoms with van der Waals surface area (Å²) < 4.78 is 20.0. The van der Waals surface area contributed by atoms with Crippen LogP contribution in [-0.2, 0) is 6.61 Å². The average Bonchev–Trinajstić information content (AvgIpc) is 2.95. The van der Waals surface area contributed by atoms with Crippen LogP contribution in [0.3, 0.4) is 0 Å². The Morgan fingerprint density at radius 1 is 0.966 bits per heavy atom. The first-order chi connectivity index (χ1) is 13.7. The molecule has 1 aromatic carbocycles. The highest BCUT2D eigenvalue weighted by Gasteiger charge is 2.18. The van der Waals surface area contributed by atoms with E-state index in [-0.39, 0.29) is 13.1 Å². The summed E-state index contributed by atoms with van der Waals surface area (Å²) in [6.07, 6.45) is 12.1. The molecule has 0 unspecified atom stereocenters. The lowest BCUT2D eigenvalue weighted by molar-refractivity contribution is 0.289. The number of pyridine rings is 1. The maximum Gasteiger partial charge on any atom is 0.250 e. The van der Waals surface area contributed by atoms with Gasteiger partial charge in [0, 0.05) is 25.3 Å². The molecular formula is C22H29FN4O2. The summed E-state index contributed by atoms with van der Waals surface area (Å²) in [5.74, 6) is -0.0419. The predicted octanol–water partition coefficient (Wildman–Crippen LogP) is 5.40. The number of nitrogens with zero attached hydrogens (tertiary/aromatic N) is 2. The summed E-state index contributed by atoms with van der Waals surface area (Å²) in [6.45, 7) is 0.347. The molecule has 156 valence electrons. The molecule has 7 heteroatoms. The molecule has 1 fully saturated rings. The van der Waals surface area contributed by atoms with Gasteiger partial charge in [0.05, 0.1) is 5.69 Å². The number of aromatic amines is 1. The van der Waals surface area contributed by atoms with Crippen LogP contribution in [0, 0.1) is 5.95 Å². The van der Waals surface area contributed by atoms with Crippen molar-refractivity contribution in [1.82, 2.24) is 20.9 Å². The van der Waals surface area contributed by atoms with Crippen molar-refractivity contribution in [2.24, 2.45) is 0 Å². The molecule has 3 aromatic rings. The van der Waals surface area contributed by atoms with Crippen LogP contribution in [0.25, 0.3) is 16.8 Å². The molecular weight excluding hydrogens is 371 g/mol. The van der Waals surface area contributed by atoms with Crippen LogP contribution in [-0.4, -0.2) is 14.8 Å². The minimum atomic E-state index is -0.521. The topological polar surface area (TPSA) is 94.9 Å². The minimum Gasteiger partial charge on any atom is -0.474 e. The van der Waals surface area contributed by atoms with Gasteiger partial charge in [-0.1, -0.05) is 51.0 Å². The third-order valence-corrected chi connectivity index (χ3v) is 5.20. The summed E-state index contributed by atoms with van der Waals surface area (Å²) in [5, 5.41) is 3.75. The smallest absolute Gasteiger partial charge is 0.250 e. The molecule has 0 atom stereocenters. The van der Waals surface area contributed by atoms with Gasteiger partial charge in [0.15, 0.2) is 0 Å². The summed E-state index contributed by atoms with van der Waals surface area (Å²) >= 11 is 0. The van der Waals surface area contributed by atoms with E-state index in [1.165, 1.54) is 61.8 Å². The molecule has 29 heavy (non-hydrogen) atoms. The molecule has 1 saturated carbocycles. The van der Waals surface area contributed by atoms with Crippen molar-refractivity contribution in [2.75, 3.05) is 0 Å². The summed E-state index contributed by atoms with van der Waals surface area (Å²) in [4.78, 5) is 14.0. The normalized spacial score (nSPS) is 14.8. The van der Waals surface area contributed by atoms with E-state index in [0.29, 0.717) is 12.5 Å². The Bertz CT molecular complexity index is 999. The lowest BCUT2D eigenvalue weighted by atomic mass is 9.98. The van der Waals surface area contributed by atoms with Crippen molar-refractivity contribution in [3.8, 4) is 22.7 Å². The number of ether oxygens (including phenoxy) is 1. The molecule has 2 aliphatic rings. The maximum atomic E-state index is 13.0. The number of H-pyrrole nitrogens is 1. The van der Waals surface area contributed by atoms with Gasteiger partial charge in [-0.15, -0.1) is 5.10 Å². The van der Waals surface area contributed by atoms with E-state index < -0.39 is 5.95 Å². The molecule has 5 rings (SSSR count). The van der Waals surface area contributed by atoms with Crippen molar-refractivity contribution >= 4 is 0 Å². The summed E-state index contributed by atoms with van der Waals surface area (Å²) in [6, 6.07) is 10.2. The van der Waals surface area contributed by atoms with E-state index in [4.69, 9.17) is 4.74 Å². The van der Waals surface area contributed by atoms with Crippen LogP contribution in [0.1, 0.15) is 51.9 Å².